The molecule has 0 aromatic carbocycles. The van der Waals surface area contributed by atoms with E-state index in [1.807, 2.05) is 6.92 Å². The highest BCUT2D eigenvalue weighted by Gasteiger charge is 2.40. The Morgan fingerprint density at radius 1 is 1.48 bits per heavy atom. The molecule has 136 valence electrons. The molecule has 0 spiro atoms. The van der Waals surface area contributed by atoms with Crippen LogP contribution in [0.2, 0.25) is 0 Å². The van der Waals surface area contributed by atoms with Gasteiger partial charge in [0.2, 0.25) is 5.91 Å². The fourth-order valence-electron chi connectivity index (χ4n) is 2.44. The molecule has 0 fully saturated rings. The number of hydrogen-bond donors (Lipinski definition) is 1. The smallest absolute Gasteiger partial charge is 0.339 e. The third-order valence-electron chi connectivity index (χ3n) is 3.85. The number of Topliss-reactive ketones (excluding diaryl/α,β-unsaturated/α-hetero) is 1. The third-order valence-corrected chi connectivity index (χ3v) is 5.21. The van der Waals surface area contributed by atoms with Gasteiger partial charge in [-0.2, -0.15) is 0 Å². The first-order valence-corrected chi connectivity index (χ1v) is 9.01. The maximum Gasteiger partial charge on any atom is 0.339 e. The van der Waals surface area contributed by atoms with Crippen molar-refractivity contribution in [3.05, 3.63) is 28.3 Å². The Kier molecular flexibility index (Phi) is 6.05. The molecule has 1 amide bonds. The van der Waals surface area contributed by atoms with Gasteiger partial charge in [-0.05, 0) is 13.3 Å². The molecule has 0 saturated carbocycles. The molecular weight excluding hydrogens is 344 g/mol. The Hall–Kier alpha value is -2.09. The van der Waals surface area contributed by atoms with E-state index in [-0.39, 0.29) is 11.7 Å². The number of hydrogen-bond acceptors (Lipinski definition) is 7. The van der Waals surface area contributed by atoms with Gasteiger partial charge in [-0.25, -0.2) is 4.79 Å². The second-order valence-corrected chi connectivity index (χ2v) is 7.03. The van der Waals surface area contributed by atoms with Crippen LogP contribution in [0.4, 0.5) is 0 Å². The summed E-state index contributed by atoms with van der Waals surface area (Å²) >= 11 is 1.28. The van der Waals surface area contributed by atoms with Crippen molar-refractivity contribution in [2.24, 2.45) is 4.99 Å². The Morgan fingerprint density at radius 3 is 2.76 bits per heavy atom. The fourth-order valence-corrected chi connectivity index (χ4v) is 3.53. The number of carbonyl (C=O) groups is 2. The van der Waals surface area contributed by atoms with Gasteiger partial charge in [0.1, 0.15) is 22.1 Å². The number of methoxy groups -OCH3 is 1. The summed E-state index contributed by atoms with van der Waals surface area (Å²) in [4.78, 5) is 40.2. The van der Waals surface area contributed by atoms with E-state index in [1.54, 1.807) is 13.0 Å². The molecule has 2 atom stereocenters. The minimum absolute atomic E-state index is 0.148. The number of carbonyl (C=O) groups excluding carboxylic acids is 2. The maximum absolute atomic E-state index is 12.7. The van der Waals surface area contributed by atoms with Crippen LogP contribution in [0.1, 0.15) is 45.4 Å². The molecule has 1 aromatic heterocycles. The normalized spacial score (nSPS) is 20.7. The van der Waals surface area contributed by atoms with E-state index in [2.05, 4.69) is 10.3 Å². The lowest BCUT2D eigenvalue weighted by Gasteiger charge is -2.24. The monoisotopic (exact) mass is 366 g/mol. The molecule has 1 aliphatic rings. The summed E-state index contributed by atoms with van der Waals surface area (Å²) < 4.78 is 10.3. The number of thioether (sulfide) groups is 1. The minimum Gasteiger partial charge on any atom is -0.496 e. The largest absolute Gasteiger partial charge is 0.496 e. The van der Waals surface area contributed by atoms with Gasteiger partial charge in [-0.1, -0.05) is 13.3 Å². The van der Waals surface area contributed by atoms with Crippen molar-refractivity contribution in [1.82, 2.24) is 5.32 Å². The Morgan fingerprint density at radius 2 is 2.20 bits per heavy atom. The zero-order valence-corrected chi connectivity index (χ0v) is 15.6. The summed E-state index contributed by atoms with van der Waals surface area (Å²) in [6, 6.07) is 2.36. The van der Waals surface area contributed by atoms with Gasteiger partial charge in [-0.3, -0.25) is 14.6 Å². The quantitative estimate of drug-likeness (QED) is 0.793. The lowest BCUT2D eigenvalue weighted by atomic mass is 10.0. The fraction of sp³-hybridized carbons (Fsp3) is 0.529. The minimum atomic E-state index is -1.02. The van der Waals surface area contributed by atoms with Crippen LogP contribution in [-0.4, -0.2) is 35.1 Å². The Labute approximate surface area is 150 Å². The number of nitrogens with zero attached hydrogens (tertiary/aromatic N) is 1. The SMILES string of the molecule is CCCC(NC(=O)C1(C)CSC(C(C)=O)=N1)c1cc(OC)cc(=O)o1. The highest BCUT2D eigenvalue weighted by Crippen LogP contribution is 2.30. The van der Waals surface area contributed by atoms with Crippen LogP contribution in [0, 0.1) is 0 Å². The predicted octanol–water partition coefficient (Wildman–Crippen LogP) is 2.10. The van der Waals surface area contributed by atoms with E-state index in [9.17, 15) is 14.4 Å². The van der Waals surface area contributed by atoms with Crippen molar-refractivity contribution < 1.29 is 18.7 Å². The Balaban J connectivity index is 2.25. The molecule has 25 heavy (non-hydrogen) atoms. The first-order valence-electron chi connectivity index (χ1n) is 8.02. The molecular formula is C17H22N2O5S. The van der Waals surface area contributed by atoms with E-state index in [0.717, 1.165) is 6.42 Å². The molecule has 0 aliphatic carbocycles. The third kappa shape index (κ3) is 4.50. The molecule has 2 rings (SSSR count). The average molecular weight is 366 g/mol. The molecule has 0 radical (unpaired) electrons. The Bertz CT molecular complexity index is 758. The van der Waals surface area contributed by atoms with Crippen LogP contribution >= 0.6 is 11.8 Å². The lowest BCUT2D eigenvalue weighted by Crippen LogP contribution is -2.45. The molecule has 1 aromatic rings. The van der Waals surface area contributed by atoms with E-state index in [4.69, 9.17) is 9.15 Å². The summed E-state index contributed by atoms with van der Waals surface area (Å²) in [5, 5.41) is 3.25. The van der Waals surface area contributed by atoms with Crippen molar-refractivity contribution in [1.29, 1.82) is 0 Å². The van der Waals surface area contributed by atoms with Crippen LogP contribution < -0.4 is 15.7 Å². The first-order chi connectivity index (χ1) is 11.8. The van der Waals surface area contributed by atoms with Gasteiger partial charge >= 0.3 is 5.63 Å². The molecule has 2 unspecified atom stereocenters. The van der Waals surface area contributed by atoms with Crippen molar-refractivity contribution in [3.8, 4) is 5.75 Å². The van der Waals surface area contributed by atoms with E-state index in [1.165, 1.54) is 31.9 Å². The highest BCUT2D eigenvalue weighted by molar-refractivity contribution is 8.16. The van der Waals surface area contributed by atoms with Crippen LogP contribution in [0.15, 0.2) is 26.3 Å². The molecule has 2 heterocycles. The molecule has 8 heteroatoms. The number of ether oxygens (including phenoxy) is 1. The molecule has 0 saturated heterocycles. The van der Waals surface area contributed by atoms with Gasteiger partial charge in [0.05, 0.1) is 19.2 Å². The summed E-state index contributed by atoms with van der Waals surface area (Å²) in [5.74, 6) is 0.658. The number of aliphatic imine (C=N–C) groups is 1. The molecule has 0 bridgehead atoms. The maximum atomic E-state index is 12.7. The lowest BCUT2D eigenvalue weighted by molar-refractivity contribution is -0.125. The topological polar surface area (TPSA) is 98.0 Å². The van der Waals surface area contributed by atoms with Crippen LogP contribution in [0.5, 0.6) is 5.75 Å². The summed E-state index contributed by atoms with van der Waals surface area (Å²) in [6.07, 6.45) is 1.37. The highest BCUT2D eigenvalue weighted by atomic mass is 32.2. The van der Waals surface area contributed by atoms with Gasteiger partial charge < -0.3 is 14.5 Å². The predicted molar refractivity (Wildman–Crippen MR) is 96.3 cm³/mol. The molecule has 7 nitrogen and oxygen atoms in total. The van der Waals surface area contributed by atoms with Crippen LogP contribution in [-0.2, 0) is 9.59 Å². The van der Waals surface area contributed by atoms with E-state index in [0.29, 0.717) is 28.7 Å². The zero-order chi connectivity index (χ0) is 18.6. The summed E-state index contributed by atoms with van der Waals surface area (Å²) in [6.45, 7) is 5.09. The van der Waals surface area contributed by atoms with Crippen LogP contribution in [0.25, 0.3) is 0 Å². The second-order valence-electron chi connectivity index (χ2n) is 6.07. The van der Waals surface area contributed by atoms with Crippen molar-refractivity contribution in [3.63, 3.8) is 0 Å². The summed E-state index contributed by atoms with van der Waals surface area (Å²) in [7, 11) is 1.46. The van der Waals surface area contributed by atoms with Crippen LogP contribution in [0.3, 0.4) is 0 Å². The van der Waals surface area contributed by atoms with E-state index < -0.39 is 17.2 Å². The number of ketones is 1. The number of amides is 1. The zero-order valence-electron chi connectivity index (χ0n) is 14.8. The second kappa shape index (κ2) is 7.86. The first kappa shape index (κ1) is 19.2. The summed E-state index contributed by atoms with van der Waals surface area (Å²) in [5.41, 5.74) is -1.55. The van der Waals surface area contributed by atoms with Gasteiger partial charge in [0.15, 0.2) is 5.78 Å². The molecule has 1 aliphatic heterocycles. The number of nitrogens with one attached hydrogen (secondary N) is 1. The van der Waals surface area contributed by atoms with Gasteiger partial charge in [0, 0.05) is 18.7 Å². The van der Waals surface area contributed by atoms with E-state index >= 15 is 0 Å². The van der Waals surface area contributed by atoms with Gasteiger partial charge in [-0.15, -0.1) is 11.8 Å². The average Bonchev–Trinajstić information content (AvgIpc) is 2.98. The molecule has 1 N–H and O–H groups in total. The van der Waals surface area contributed by atoms with Gasteiger partial charge in [0.25, 0.3) is 0 Å². The van der Waals surface area contributed by atoms with Crippen molar-refractivity contribution >= 4 is 28.5 Å². The van der Waals surface area contributed by atoms with Crippen molar-refractivity contribution in [2.45, 2.75) is 45.2 Å². The standard InChI is InChI=1S/C17H22N2O5S/c1-5-6-12(13-7-11(23-4)8-14(21)24-13)18-16(22)17(3)9-25-15(19-17)10(2)20/h7-8,12H,5-6,9H2,1-4H3,(H,18,22). The van der Waals surface area contributed by atoms with Crippen molar-refractivity contribution in [2.75, 3.05) is 12.9 Å². The number of rotatable bonds is 7.